The van der Waals surface area contributed by atoms with Crippen molar-refractivity contribution in [1.29, 1.82) is 0 Å². The molecule has 0 saturated heterocycles. The summed E-state index contributed by atoms with van der Waals surface area (Å²) in [5.74, 6) is -0.360. The van der Waals surface area contributed by atoms with Crippen LogP contribution in [0.2, 0.25) is 0 Å². The summed E-state index contributed by atoms with van der Waals surface area (Å²) in [5, 5.41) is 14.6. The molecule has 9 heteroatoms. The van der Waals surface area contributed by atoms with Gasteiger partial charge in [0.2, 0.25) is 5.13 Å². The quantitative estimate of drug-likeness (QED) is 0.425. The maximum atomic E-state index is 13.6. The van der Waals surface area contributed by atoms with Crippen LogP contribution in [0.25, 0.3) is 27.5 Å². The van der Waals surface area contributed by atoms with Crippen molar-refractivity contribution in [3.05, 3.63) is 76.7 Å². The molecule has 0 unspecified atom stereocenters. The predicted molar refractivity (Wildman–Crippen MR) is 106 cm³/mol. The molecule has 4 rings (SSSR count). The molecule has 4 aromatic rings. The van der Waals surface area contributed by atoms with Crippen LogP contribution in [0.4, 0.5) is 17.6 Å². The van der Waals surface area contributed by atoms with Crippen LogP contribution in [-0.2, 0) is 12.8 Å². The van der Waals surface area contributed by atoms with Gasteiger partial charge in [-0.2, -0.15) is 18.3 Å². The van der Waals surface area contributed by atoms with Crippen molar-refractivity contribution in [2.24, 2.45) is 0 Å². The van der Waals surface area contributed by atoms with E-state index in [0.717, 1.165) is 17.7 Å². The molecule has 0 spiro atoms. The first-order valence-electron chi connectivity index (χ1n) is 8.87. The Morgan fingerprint density at radius 3 is 2.43 bits per heavy atom. The van der Waals surface area contributed by atoms with Crippen LogP contribution in [0.3, 0.4) is 0 Å². The van der Waals surface area contributed by atoms with Gasteiger partial charge in [0, 0.05) is 17.3 Å². The second-order valence-corrected chi connectivity index (χ2v) is 7.65. The Labute approximate surface area is 173 Å². The number of alkyl halides is 3. The van der Waals surface area contributed by atoms with Gasteiger partial charge in [-0.05, 0) is 36.8 Å². The molecular weight excluding hydrogens is 418 g/mol. The van der Waals surface area contributed by atoms with Gasteiger partial charge in [0.25, 0.3) is 0 Å². The molecule has 0 aliphatic rings. The van der Waals surface area contributed by atoms with Crippen LogP contribution in [0.1, 0.15) is 16.1 Å². The molecule has 2 aromatic carbocycles. The fourth-order valence-electron chi connectivity index (χ4n) is 3.08. The Morgan fingerprint density at radius 2 is 1.80 bits per heavy atom. The number of benzene rings is 2. The normalized spacial score (nSPS) is 11.8. The van der Waals surface area contributed by atoms with Crippen molar-refractivity contribution in [3.63, 3.8) is 0 Å². The van der Waals surface area contributed by atoms with E-state index in [1.807, 2.05) is 0 Å². The highest BCUT2D eigenvalue weighted by atomic mass is 32.1. The summed E-state index contributed by atoms with van der Waals surface area (Å²) in [6, 6.07) is 10.8. The zero-order valence-electron chi connectivity index (χ0n) is 15.6. The summed E-state index contributed by atoms with van der Waals surface area (Å²) in [5.41, 5.74) is 2.16. The number of thiazole rings is 1. The van der Waals surface area contributed by atoms with Gasteiger partial charge in [0.15, 0.2) is 0 Å². The largest absolute Gasteiger partial charge is 0.416 e. The number of aliphatic hydroxyl groups excluding tert-OH is 1. The van der Waals surface area contributed by atoms with Crippen LogP contribution in [0.15, 0.2) is 54.7 Å². The zero-order chi connectivity index (χ0) is 21.5. The molecule has 0 aliphatic carbocycles. The van der Waals surface area contributed by atoms with Crippen LogP contribution in [0.5, 0.6) is 0 Å². The van der Waals surface area contributed by atoms with Gasteiger partial charge in [-0.15, -0.1) is 0 Å². The minimum Gasteiger partial charge on any atom is -0.391 e. The fourth-order valence-corrected chi connectivity index (χ4v) is 3.95. The predicted octanol–water partition coefficient (Wildman–Crippen LogP) is 5.62. The second kappa shape index (κ2) is 7.66. The standard InChI is InChI=1S/C21H15F4N3OS/c1-12-17(14-3-2-4-16(22)9-14)10-28(27-12)20-26-19(18(11-29)30-20)13-5-7-15(8-6-13)21(23,24)25/h2-10,29H,11H2,1H3. The number of aliphatic hydroxyl groups is 1. The minimum absolute atomic E-state index is 0.314. The monoisotopic (exact) mass is 433 g/mol. The SMILES string of the molecule is Cc1nn(-c2nc(-c3ccc(C(F)(F)F)cc3)c(CO)s2)cc1-c1cccc(F)c1. The molecule has 154 valence electrons. The summed E-state index contributed by atoms with van der Waals surface area (Å²) in [6.07, 6.45) is -2.72. The van der Waals surface area contributed by atoms with Crippen molar-refractivity contribution in [2.45, 2.75) is 19.7 Å². The number of hydrogen-bond donors (Lipinski definition) is 1. The first-order valence-corrected chi connectivity index (χ1v) is 9.68. The molecule has 0 atom stereocenters. The first kappa shape index (κ1) is 20.2. The Balaban J connectivity index is 1.72. The molecule has 0 bridgehead atoms. The maximum Gasteiger partial charge on any atom is 0.416 e. The average Bonchev–Trinajstić information content (AvgIpc) is 3.31. The van der Waals surface area contributed by atoms with Crippen LogP contribution >= 0.6 is 11.3 Å². The van der Waals surface area contributed by atoms with E-state index >= 15 is 0 Å². The van der Waals surface area contributed by atoms with E-state index in [0.29, 0.717) is 32.5 Å². The minimum atomic E-state index is -4.43. The van der Waals surface area contributed by atoms with E-state index in [9.17, 15) is 22.7 Å². The molecule has 4 nitrogen and oxygen atoms in total. The molecule has 0 saturated carbocycles. The number of halogens is 4. The molecule has 30 heavy (non-hydrogen) atoms. The highest BCUT2D eigenvalue weighted by Gasteiger charge is 2.30. The zero-order valence-corrected chi connectivity index (χ0v) is 16.4. The van der Waals surface area contributed by atoms with Gasteiger partial charge in [-0.3, -0.25) is 0 Å². The summed E-state index contributed by atoms with van der Waals surface area (Å²) in [4.78, 5) is 4.99. The van der Waals surface area contributed by atoms with Gasteiger partial charge in [-0.1, -0.05) is 35.6 Å². The number of hydrogen-bond acceptors (Lipinski definition) is 4. The van der Waals surface area contributed by atoms with E-state index in [-0.39, 0.29) is 12.4 Å². The lowest BCUT2D eigenvalue weighted by Gasteiger charge is -2.07. The van der Waals surface area contributed by atoms with Crippen molar-refractivity contribution < 1.29 is 22.7 Å². The van der Waals surface area contributed by atoms with E-state index in [2.05, 4.69) is 10.1 Å². The molecule has 0 amide bonds. The topological polar surface area (TPSA) is 50.9 Å². The van der Waals surface area contributed by atoms with Crippen LogP contribution < -0.4 is 0 Å². The van der Waals surface area contributed by atoms with E-state index in [1.54, 1.807) is 25.3 Å². The Morgan fingerprint density at radius 1 is 1.07 bits per heavy atom. The number of aryl methyl sites for hydroxylation is 1. The second-order valence-electron chi connectivity index (χ2n) is 6.58. The highest BCUT2D eigenvalue weighted by molar-refractivity contribution is 7.14. The van der Waals surface area contributed by atoms with Crippen LogP contribution in [-0.4, -0.2) is 19.9 Å². The lowest BCUT2D eigenvalue weighted by molar-refractivity contribution is -0.137. The molecule has 0 fully saturated rings. The molecular formula is C21H15F4N3OS. The molecule has 0 radical (unpaired) electrons. The molecule has 0 aliphatic heterocycles. The third-order valence-electron chi connectivity index (χ3n) is 4.55. The first-order chi connectivity index (χ1) is 14.3. The van der Waals surface area contributed by atoms with Gasteiger partial charge in [0.1, 0.15) is 5.82 Å². The lowest BCUT2D eigenvalue weighted by atomic mass is 10.1. The fraction of sp³-hybridized carbons (Fsp3) is 0.143. The third kappa shape index (κ3) is 3.86. The van der Waals surface area contributed by atoms with E-state index in [1.165, 1.54) is 40.3 Å². The molecule has 1 N–H and O–H groups in total. The Hall–Kier alpha value is -3.04. The maximum absolute atomic E-state index is 13.6. The average molecular weight is 433 g/mol. The third-order valence-corrected chi connectivity index (χ3v) is 5.58. The van der Waals surface area contributed by atoms with Gasteiger partial charge in [-0.25, -0.2) is 14.1 Å². The highest BCUT2D eigenvalue weighted by Crippen LogP contribution is 2.34. The van der Waals surface area contributed by atoms with Crippen molar-refractivity contribution in [1.82, 2.24) is 14.8 Å². The van der Waals surface area contributed by atoms with E-state index < -0.39 is 11.7 Å². The molecule has 2 aromatic heterocycles. The number of aromatic nitrogens is 3. The summed E-state index contributed by atoms with van der Waals surface area (Å²) < 4.78 is 53.5. The van der Waals surface area contributed by atoms with Crippen molar-refractivity contribution in [2.75, 3.05) is 0 Å². The molecule has 2 heterocycles. The van der Waals surface area contributed by atoms with Gasteiger partial charge in [0.05, 0.1) is 28.4 Å². The lowest BCUT2D eigenvalue weighted by Crippen LogP contribution is -2.04. The number of nitrogens with zero attached hydrogens (tertiary/aromatic N) is 3. The Bertz CT molecular complexity index is 1200. The van der Waals surface area contributed by atoms with Crippen molar-refractivity contribution >= 4 is 11.3 Å². The smallest absolute Gasteiger partial charge is 0.391 e. The number of rotatable bonds is 4. The summed E-state index contributed by atoms with van der Waals surface area (Å²) in [7, 11) is 0. The van der Waals surface area contributed by atoms with E-state index in [4.69, 9.17) is 0 Å². The Kier molecular flexibility index (Phi) is 5.17. The van der Waals surface area contributed by atoms with Gasteiger partial charge >= 0.3 is 6.18 Å². The van der Waals surface area contributed by atoms with Gasteiger partial charge < -0.3 is 5.11 Å². The van der Waals surface area contributed by atoms with Crippen molar-refractivity contribution in [3.8, 4) is 27.5 Å². The summed E-state index contributed by atoms with van der Waals surface area (Å²) in [6.45, 7) is 1.47. The summed E-state index contributed by atoms with van der Waals surface area (Å²) >= 11 is 1.18. The van der Waals surface area contributed by atoms with Crippen LogP contribution in [0, 0.1) is 12.7 Å².